The van der Waals surface area contributed by atoms with Crippen molar-refractivity contribution in [1.29, 1.82) is 0 Å². The molecule has 1 aromatic heterocycles. The molecule has 0 N–H and O–H groups in total. The summed E-state index contributed by atoms with van der Waals surface area (Å²) in [5.74, 6) is 1.34. The standard InChI is InChI=1S/C26H23BrClN3O2/c1-26(2,3)25-30-23-13-8-19(27)14-22(23)24(32)31(25)29-15-17-6-11-21(12-7-17)33-16-18-4-9-20(28)10-5-18/h4-15H,16H2,1-3H3. The Morgan fingerprint density at radius 2 is 1.76 bits per heavy atom. The third-order valence-corrected chi connectivity index (χ3v) is 5.75. The van der Waals surface area contributed by atoms with E-state index >= 15 is 0 Å². The van der Waals surface area contributed by atoms with Crippen LogP contribution in [0.15, 0.2) is 81.1 Å². The fraction of sp³-hybridized carbons (Fsp3) is 0.192. The topological polar surface area (TPSA) is 56.5 Å². The van der Waals surface area contributed by atoms with E-state index in [-0.39, 0.29) is 11.0 Å². The minimum Gasteiger partial charge on any atom is -0.489 e. The summed E-state index contributed by atoms with van der Waals surface area (Å²) in [6.45, 7) is 6.49. The lowest BCUT2D eigenvalue weighted by Crippen LogP contribution is -2.29. The normalized spacial score (nSPS) is 11.9. The molecule has 0 aliphatic carbocycles. The second-order valence-corrected chi connectivity index (χ2v) is 10.0. The number of hydrogen-bond acceptors (Lipinski definition) is 4. The maximum Gasteiger partial charge on any atom is 0.282 e. The van der Waals surface area contributed by atoms with Crippen LogP contribution in [0, 0.1) is 0 Å². The van der Waals surface area contributed by atoms with Crippen LogP contribution in [0.25, 0.3) is 10.9 Å². The molecule has 0 aliphatic heterocycles. The zero-order chi connectivity index (χ0) is 23.6. The highest BCUT2D eigenvalue weighted by molar-refractivity contribution is 9.10. The van der Waals surface area contributed by atoms with Crippen molar-refractivity contribution in [2.45, 2.75) is 32.8 Å². The van der Waals surface area contributed by atoms with Crippen LogP contribution < -0.4 is 10.3 Å². The van der Waals surface area contributed by atoms with Crippen LogP contribution in [0.2, 0.25) is 5.02 Å². The molecule has 4 rings (SSSR count). The minimum absolute atomic E-state index is 0.203. The monoisotopic (exact) mass is 523 g/mol. The molecule has 0 atom stereocenters. The summed E-state index contributed by atoms with van der Waals surface area (Å²) in [5.41, 5.74) is 1.97. The van der Waals surface area contributed by atoms with Crippen molar-refractivity contribution in [3.05, 3.63) is 104 Å². The van der Waals surface area contributed by atoms with Crippen LogP contribution in [-0.4, -0.2) is 15.9 Å². The van der Waals surface area contributed by atoms with Gasteiger partial charge in [-0.25, -0.2) is 4.98 Å². The van der Waals surface area contributed by atoms with Gasteiger partial charge in [0.15, 0.2) is 0 Å². The molecule has 33 heavy (non-hydrogen) atoms. The summed E-state index contributed by atoms with van der Waals surface area (Å²) < 4.78 is 8.04. The number of rotatable bonds is 5. The fourth-order valence-electron chi connectivity index (χ4n) is 3.26. The van der Waals surface area contributed by atoms with Crippen molar-refractivity contribution < 1.29 is 4.74 Å². The van der Waals surface area contributed by atoms with E-state index in [1.807, 2.05) is 81.4 Å². The number of hydrogen-bond donors (Lipinski definition) is 0. The van der Waals surface area contributed by atoms with Gasteiger partial charge in [0.2, 0.25) is 0 Å². The van der Waals surface area contributed by atoms with Gasteiger partial charge in [-0.05, 0) is 65.7 Å². The minimum atomic E-state index is -0.364. The molecule has 0 unspecified atom stereocenters. The van der Waals surface area contributed by atoms with Crippen LogP contribution in [0.5, 0.6) is 5.75 Å². The SMILES string of the molecule is CC(C)(C)c1nc2ccc(Br)cc2c(=O)n1N=Cc1ccc(OCc2ccc(Cl)cc2)cc1. The van der Waals surface area contributed by atoms with Gasteiger partial charge in [-0.1, -0.05) is 60.4 Å². The Bertz CT molecular complexity index is 1370. The number of halogens is 2. The van der Waals surface area contributed by atoms with E-state index in [2.05, 4.69) is 21.0 Å². The molecule has 0 fully saturated rings. The molecular formula is C26H23BrClN3O2. The van der Waals surface area contributed by atoms with Crippen LogP contribution in [-0.2, 0) is 12.0 Å². The summed E-state index contributed by atoms with van der Waals surface area (Å²) in [6.07, 6.45) is 1.66. The molecule has 0 saturated heterocycles. The average Bonchev–Trinajstić information content (AvgIpc) is 2.78. The molecular weight excluding hydrogens is 502 g/mol. The maximum atomic E-state index is 13.2. The molecule has 5 nitrogen and oxygen atoms in total. The van der Waals surface area contributed by atoms with E-state index in [4.69, 9.17) is 21.3 Å². The van der Waals surface area contributed by atoms with Crippen LogP contribution in [0.4, 0.5) is 0 Å². The van der Waals surface area contributed by atoms with Gasteiger partial charge in [0.05, 0.1) is 17.1 Å². The van der Waals surface area contributed by atoms with Crippen molar-refractivity contribution in [2.24, 2.45) is 5.10 Å². The highest BCUT2D eigenvalue weighted by Gasteiger charge is 2.22. The van der Waals surface area contributed by atoms with Crippen molar-refractivity contribution >= 4 is 44.6 Å². The van der Waals surface area contributed by atoms with Crippen molar-refractivity contribution in [3.8, 4) is 5.75 Å². The Balaban J connectivity index is 1.59. The number of ether oxygens (including phenoxy) is 1. The number of aromatic nitrogens is 2. The Morgan fingerprint density at radius 1 is 1.06 bits per heavy atom. The van der Waals surface area contributed by atoms with Gasteiger partial charge in [0.25, 0.3) is 5.56 Å². The Labute approximate surface area is 205 Å². The summed E-state index contributed by atoms with van der Waals surface area (Å²) in [7, 11) is 0. The summed E-state index contributed by atoms with van der Waals surface area (Å²) in [5, 5.41) is 5.72. The van der Waals surface area contributed by atoms with E-state index in [0.717, 1.165) is 21.3 Å². The van der Waals surface area contributed by atoms with Gasteiger partial charge < -0.3 is 4.74 Å². The summed E-state index contributed by atoms with van der Waals surface area (Å²) in [6, 6.07) is 20.6. The fourth-order valence-corrected chi connectivity index (χ4v) is 3.75. The Morgan fingerprint density at radius 3 is 2.42 bits per heavy atom. The quantitative estimate of drug-likeness (QED) is 0.277. The molecule has 0 bridgehead atoms. The zero-order valence-electron chi connectivity index (χ0n) is 18.5. The van der Waals surface area contributed by atoms with Gasteiger partial charge in [-0.3, -0.25) is 4.79 Å². The molecule has 1 heterocycles. The molecule has 0 aliphatic rings. The van der Waals surface area contributed by atoms with Crippen molar-refractivity contribution in [1.82, 2.24) is 9.66 Å². The third kappa shape index (κ3) is 5.52. The predicted octanol–water partition coefficient (Wildman–Crippen LogP) is 6.57. The van der Waals surface area contributed by atoms with E-state index in [0.29, 0.717) is 28.4 Å². The molecule has 3 aromatic carbocycles. The first-order chi connectivity index (χ1) is 15.7. The average molecular weight is 525 g/mol. The summed E-state index contributed by atoms with van der Waals surface area (Å²) in [4.78, 5) is 18.0. The zero-order valence-corrected chi connectivity index (χ0v) is 20.9. The molecule has 168 valence electrons. The molecule has 0 saturated carbocycles. The molecule has 0 radical (unpaired) electrons. The lowest BCUT2D eigenvalue weighted by molar-refractivity contribution is 0.306. The van der Waals surface area contributed by atoms with E-state index in [9.17, 15) is 4.79 Å². The smallest absolute Gasteiger partial charge is 0.282 e. The number of nitrogens with zero attached hydrogens (tertiary/aromatic N) is 3. The molecule has 7 heteroatoms. The van der Waals surface area contributed by atoms with Gasteiger partial charge in [-0.15, -0.1) is 0 Å². The van der Waals surface area contributed by atoms with Crippen molar-refractivity contribution in [2.75, 3.05) is 0 Å². The van der Waals surface area contributed by atoms with Crippen LogP contribution >= 0.6 is 27.5 Å². The lowest BCUT2D eigenvalue weighted by Gasteiger charge is -2.20. The van der Waals surface area contributed by atoms with E-state index in [1.165, 1.54) is 4.68 Å². The van der Waals surface area contributed by atoms with Gasteiger partial charge in [0.1, 0.15) is 18.2 Å². The first kappa shape index (κ1) is 23.2. The third-order valence-electron chi connectivity index (χ3n) is 5.00. The van der Waals surface area contributed by atoms with E-state index < -0.39 is 0 Å². The van der Waals surface area contributed by atoms with Crippen LogP contribution in [0.1, 0.15) is 37.7 Å². The van der Waals surface area contributed by atoms with Gasteiger partial charge in [0, 0.05) is 14.9 Å². The van der Waals surface area contributed by atoms with Gasteiger partial charge in [-0.2, -0.15) is 9.78 Å². The number of fused-ring (bicyclic) bond motifs is 1. The highest BCUT2D eigenvalue weighted by atomic mass is 79.9. The first-order valence-corrected chi connectivity index (χ1v) is 11.6. The summed E-state index contributed by atoms with van der Waals surface area (Å²) >= 11 is 9.35. The van der Waals surface area contributed by atoms with E-state index in [1.54, 1.807) is 12.3 Å². The highest BCUT2D eigenvalue weighted by Crippen LogP contribution is 2.23. The molecule has 0 spiro atoms. The molecule has 4 aromatic rings. The molecule has 0 amide bonds. The van der Waals surface area contributed by atoms with Crippen LogP contribution in [0.3, 0.4) is 0 Å². The number of benzene rings is 3. The first-order valence-electron chi connectivity index (χ1n) is 10.5. The lowest BCUT2D eigenvalue weighted by atomic mass is 9.95. The maximum absolute atomic E-state index is 13.2. The second kappa shape index (κ2) is 9.49. The van der Waals surface area contributed by atoms with Crippen molar-refractivity contribution in [3.63, 3.8) is 0 Å². The predicted molar refractivity (Wildman–Crippen MR) is 138 cm³/mol. The largest absolute Gasteiger partial charge is 0.489 e. The Hall–Kier alpha value is -2.96. The van der Waals surface area contributed by atoms with Gasteiger partial charge >= 0.3 is 0 Å². The Kier molecular flexibility index (Phi) is 6.68. The second-order valence-electron chi connectivity index (χ2n) is 8.69.